The number of hydrogen-bond donors (Lipinski definition) is 1. The fraction of sp³-hybridized carbons (Fsp3) is 0.625. The molecule has 0 spiro atoms. The van der Waals surface area contributed by atoms with Crippen molar-refractivity contribution in [1.82, 2.24) is 0 Å². The first-order valence-corrected chi connectivity index (χ1v) is 12.0. The Hall–Kier alpha value is -1.26. The van der Waals surface area contributed by atoms with E-state index in [-0.39, 0.29) is 5.97 Å². The van der Waals surface area contributed by atoms with Gasteiger partial charge in [-0.25, -0.2) is 4.79 Å². The van der Waals surface area contributed by atoms with Gasteiger partial charge in [-0.05, 0) is 86.3 Å². The van der Waals surface area contributed by atoms with E-state index < -0.39 is 0 Å². The molecule has 28 heavy (non-hydrogen) atoms. The summed E-state index contributed by atoms with van der Waals surface area (Å²) in [6.07, 6.45) is 11.1. The van der Waals surface area contributed by atoms with Crippen LogP contribution in [0.25, 0.3) is 0 Å². The van der Waals surface area contributed by atoms with E-state index in [9.17, 15) is 4.79 Å². The van der Waals surface area contributed by atoms with Gasteiger partial charge in [0, 0.05) is 5.57 Å². The van der Waals surface area contributed by atoms with Crippen LogP contribution in [0.5, 0.6) is 0 Å². The van der Waals surface area contributed by atoms with Crippen LogP contribution in [-0.2, 0) is 16.0 Å². The normalized spacial score (nSPS) is 29.1. The Morgan fingerprint density at radius 1 is 1.29 bits per heavy atom. The van der Waals surface area contributed by atoms with Gasteiger partial charge in [-0.1, -0.05) is 42.3 Å². The van der Waals surface area contributed by atoms with Crippen LogP contribution in [0, 0.1) is 17.3 Å². The number of thioether (sulfide) groups is 1. The van der Waals surface area contributed by atoms with E-state index in [1.54, 1.807) is 11.8 Å². The molecule has 2 aliphatic carbocycles. The third-order valence-corrected chi connectivity index (χ3v) is 7.73. The van der Waals surface area contributed by atoms with Gasteiger partial charge in [-0.3, -0.25) is 0 Å². The fourth-order valence-corrected chi connectivity index (χ4v) is 6.09. The van der Waals surface area contributed by atoms with Crippen molar-refractivity contribution in [2.45, 2.75) is 51.4 Å². The monoisotopic (exact) mass is 401 g/mol. The molecular formula is C24H35NO2S. The number of hydrogen-bond acceptors (Lipinski definition) is 4. The number of carbonyl (C=O) groups is 1. The molecule has 3 unspecified atom stereocenters. The standard InChI is InChI=1S/C24H35NO2S/c1-27-23(26)21(11-14-28-2)19-10-13-24(16-18-7-4-3-5-8-18)12-6-9-20(17-25)22(24)15-19/h3-5,7-8,20,22H,6,9-17,25H2,1-2H3. The lowest BCUT2D eigenvalue weighted by Gasteiger charge is -2.52. The molecule has 3 nitrogen and oxygen atoms in total. The number of carbonyl (C=O) groups excluding carboxylic acids is 1. The average Bonchev–Trinajstić information content (AvgIpc) is 2.74. The number of ether oxygens (including phenoxy) is 1. The van der Waals surface area contributed by atoms with Crippen LogP contribution in [0.15, 0.2) is 41.5 Å². The zero-order chi connectivity index (χ0) is 20.0. The van der Waals surface area contributed by atoms with Crippen molar-refractivity contribution in [3.63, 3.8) is 0 Å². The molecule has 0 heterocycles. The minimum absolute atomic E-state index is 0.125. The lowest BCUT2D eigenvalue weighted by atomic mass is 9.53. The van der Waals surface area contributed by atoms with Crippen LogP contribution < -0.4 is 5.73 Å². The first-order chi connectivity index (χ1) is 13.6. The maximum absolute atomic E-state index is 12.5. The average molecular weight is 402 g/mol. The summed E-state index contributed by atoms with van der Waals surface area (Å²) in [7, 11) is 1.51. The van der Waals surface area contributed by atoms with E-state index in [4.69, 9.17) is 10.5 Å². The predicted octanol–water partition coefficient (Wildman–Crippen LogP) is 5.00. The van der Waals surface area contributed by atoms with Crippen LogP contribution in [0.3, 0.4) is 0 Å². The number of methoxy groups -OCH3 is 1. The Morgan fingerprint density at radius 3 is 2.75 bits per heavy atom. The fourth-order valence-electron chi connectivity index (χ4n) is 5.68. The van der Waals surface area contributed by atoms with Gasteiger partial charge in [0.2, 0.25) is 0 Å². The second kappa shape index (κ2) is 9.98. The van der Waals surface area contributed by atoms with Gasteiger partial charge in [0.15, 0.2) is 0 Å². The molecule has 0 radical (unpaired) electrons. The van der Waals surface area contributed by atoms with E-state index >= 15 is 0 Å². The van der Waals surface area contributed by atoms with Gasteiger partial charge in [0.25, 0.3) is 0 Å². The van der Waals surface area contributed by atoms with Gasteiger partial charge >= 0.3 is 5.97 Å². The first kappa shape index (κ1) is 21.4. The van der Waals surface area contributed by atoms with Gasteiger partial charge in [-0.2, -0.15) is 11.8 Å². The highest BCUT2D eigenvalue weighted by Crippen LogP contribution is 2.56. The van der Waals surface area contributed by atoms with E-state index in [0.29, 0.717) is 17.3 Å². The van der Waals surface area contributed by atoms with E-state index in [1.165, 1.54) is 37.5 Å². The van der Waals surface area contributed by atoms with Crippen molar-refractivity contribution in [3.05, 3.63) is 47.0 Å². The third kappa shape index (κ3) is 4.65. The predicted molar refractivity (Wildman–Crippen MR) is 118 cm³/mol. The minimum atomic E-state index is -0.125. The van der Waals surface area contributed by atoms with Crippen molar-refractivity contribution < 1.29 is 9.53 Å². The summed E-state index contributed by atoms with van der Waals surface area (Å²) in [4.78, 5) is 12.5. The van der Waals surface area contributed by atoms with Crippen LogP contribution in [-0.4, -0.2) is 31.6 Å². The Balaban J connectivity index is 1.91. The molecule has 1 aromatic rings. The number of allylic oxidation sites excluding steroid dienone is 1. The van der Waals surface area contributed by atoms with Crippen molar-refractivity contribution >= 4 is 17.7 Å². The van der Waals surface area contributed by atoms with Crippen molar-refractivity contribution in [2.75, 3.05) is 25.7 Å². The van der Waals surface area contributed by atoms with Gasteiger partial charge in [-0.15, -0.1) is 0 Å². The summed E-state index contributed by atoms with van der Waals surface area (Å²) in [5, 5.41) is 0. The molecule has 0 amide bonds. The van der Waals surface area contributed by atoms with E-state index in [1.807, 2.05) is 0 Å². The molecule has 2 fully saturated rings. The molecule has 154 valence electrons. The topological polar surface area (TPSA) is 52.3 Å². The van der Waals surface area contributed by atoms with E-state index in [0.717, 1.165) is 50.0 Å². The molecule has 2 aliphatic rings. The molecule has 0 aliphatic heterocycles. The Bertz CT molecular complexity index is 687. The highest BCUT2D eigenvalue weighted by Gasteiger charge is 2.47. The van der Waals surface area contributed by atoms with E-state index in [2.05, 4.69) is 36.6 Å². The maximum atomic E-state index is 12.5. The summed E-state index contributed by atoms with van der Waals surface area (Å²) in [6.45, 7) is 0.757. The second-order valence-electron chi connectivity index (χ2n) is 8.54. The van der Waals surface area contributed by atoms with Crippen LogP contribution >= 0.6 is 11.8 Å². The molecule has 0 bridgehead atoms. The van der Waals surface area contributed by atoms with Crippen molar-refractivity contribution in [1.29, 1.82) is 0 Å². The van der Waals surface area contributed by atoms with Gasteiger partial charge < -0.3 is 10.5 Å². The zero-order valence-electron chi connectivity index (χ0n) is 17.4. The Morgan fingerprint density at radius 2 is 2.07 bits per heavy atom. The SMILES string of the molecule is COC(=O)C(CCSC)=C1CCC2(Cc3ccccc3)CCCC(CN)C2C1. The summed E-state index contributed by atoms with van der Waals surface area (Å²) in [5.74, 6) is 1.98. The van der Waals surface area contributed by atoms with Crippen molar-refractivity contribution in [2.24, 2.45) is 23.0 Å². The Kier molecular flexibility index (Phi) is 7.64. The van der Waals surface area contributed by atoms with Crippen LogP contribution in [0.1, 0.15) is 50.5 Å². The van der Waals surface area contributed by atoms with Crippen molar-refractivity contribution in [3.8, 4) is 0 Å². The second-order valence-corrected chi connectivity index (χ2v) is 9.53. The molecule has 1 aromatic carbocycles. The molecule has 2 N–H and O–H groups in total. The maximum Gasteiger partial charge on any atom is 0.333 e. The highest BCUT2D eigenvalue weighted by molar-refractivity contribution is 7.98. The lowest BCUT2D eigenvalue weighted by Crippen LogP contribution is -2.46. The minimum Gasteiger partial charge on any atom is -0.466 e. The molecule has 3 atom stereocenters. The largest absolute Gasteiger partial charge is 0.466 e. The highest BCUT2D eigenvalue weighted by atomic mass is 32.2. The molecule has 2 saturated carbocycles. The summed E-state index contributed by atoms with van der Waals surface area (Å²) in [6, 6.07) is 10.9. The zero-order valence-corrected chi connectivity index (χ0v) is 18.2. The molecule has 0 aromatic heterocycles. The molecule has 3 rings (SSSR count). The summed E-state index contributed by atoms with van der Waals surface area (Å²) in [5.41, 5.74) is 10.3. The number of esters is 1. The number of rotatable bonds is 7. The Labute approximate surface area is 174 Å². The smallest absolute Gasteiger partial charge is 0.333 e. The molecule has 0 saturated heterocycles. The molecule has 4 heteroatoms. The van der Waals surface area contributed by atoms with Crippen LogP contribution in [0.2, 0.25) is 0 Å². The number of fused-ring (bicyclic) bond motifs is 1. The third-order valence-electron chi connectivity index (χ3n) is 7.11. The van der Waals surface area contributed by atoms with Gasteiger partial charge in [0.1, 0.15) is 0 Å². The van der Waals surface area contributed by atoms with Gasteiger partial charge in [0.05, 0.1) is 7.11 Å². The summed E-state index contributed by atoms with van der Waals surface area (Å²) < 4.78 is 5.14. The number of nitrogens with two attached hydrogens (primary N) is 1. The molecular weight excluding hydrogens is 366 g/mol. The summed E-state index contributed by atoms with van der Waals surface area (Å²) >= 11 is 1.79. The lowest BCUT2D eigenvalue weighted by molar-refractivity contribution is -0.136. The first-order valence-electron chi connectivity index (χ1n) is 10.7. The van der Waals surface area contributed by atoms with Crippen LogP contribution in [0.4, 0.5) is 0 Å². The quantitative estimate of drug-likeness (QED) is 0.516. The number of benzene rings is 1.